The minimum atomic E-state index is -3.61. The van der Waals surface area contributed by atoms with Crippen molar-refractivity contribution in [1.29, 1.82) is 0 Å². The summed E-state index contributed by atoms with van der Waals surface area (Å²) in [4.78, 5) is 13.9. The van der Waals surface area contributed by atoms with Gasteiger partial charge in [0.05, 0.1) is 4.90 Å². The van der Waals surface area contributed by atoms with Crippen LogP contribution in [-0.2, 0) is 14.8 Å². The molecule has 1 aliphatic rings. The van der Waals surface area contributed by atoms with Crippen molar-refractivity contribution in [2.75, 3.05) is 25.4 Å². The Morgan fingerprint density at radius 1 is 1.24 bits per heavy atom. The van der Waals surface area contributed by atoms with Gasteiger partial charge >= 0.3 is 0 Å². The second-order valence-electron chi connectivity index (χ2n) is 5.16. The SMILES string of the molecule is Nc1cccc(S(=O)(=O)NCCC(=O)N2CCCCC2)c1. The first-order chi connectivity index (χ1) is 9.99. The van der Waals surface area contributed by atoms with Gasteiger partial charge in [0.1, 0.15) is 0 Å². The molecule has 21 heavy (non-hydrogen) atoms. The van der Waals surface area contributed by atoms with Gasteiger partial charge in [-0.25, -0.2) is 13.1 Å². The van der Waals surface area contributed by atoms with Crippen LogP contribution in [0.4, 0.5) is 5.69 Å². The number of amides is 1. The van der Waals surface area contributed by atoms with E-state index in [9.17, 15) is 13.2 Å². The van der Waals surface area contributed by atoms with Gasteiger partial charge in [-0.3, -0.25) is 4.79 Å². The molecule has 1 aliphatic heterocycles. The summed E-state index contributed by atoms with van der Waals surface area (Å²) in [6, 6.07) is 6.08. The van der Waals surface area contributed by atoms with Crippen molar-refractivity contribution < 1.29 is 13.2 Å². The molecule has 0 spiro atoms. The van der Waals surface area contributed by atoms with E-state index in [0.717, 1.165) is 32.4 Å². The molecule has 0 bridgehead atoms. The number of likely N-dealkylation sites (tertiary alicyclic amines) is 1. The van der Waals surface area contributed by atoms with E-state index in [1.165, 1.54) is 12.1 Å². The van der Waals surface area contributed by atoms with Crippen molar-refractivity contribution in [1.82, 2.24) is 9.62 Å². The number of nitrogens with one attached hydrogen (secondary N) is 1. The summed E-state index contributed by atoms with van der Waals surface area (Å²) in [5, 5.41) is 0. The number of sulfonamides is 1. The third-order valence-electron chi connectivity index (χ3n) is 3.51. The zero-order valence-electron chi connectivity index (χ0n) is 11.9. The molecule has 116 valence electrons. The Kier molecular flexibility index (Phi) is 5.19. The standard InChI is InChI=1S/C14H21N3O3S/c15-12-5-4-6-13(11-12)21(19,20)16-8-7-14(18)17-9-2-1-3-10-17/h4-6,11,16H,1-3,7-10,15H2. The van der Waals surface area contributed by atoms with E-state index in [1.807, 2.05) is 0 Å². The van der Waals surface area contributed by atoms with Crippen molar-refractivity contribution in [2.24, 2.45) is 0 Å². The second kappa shape index (κ2) is 6.91. The van der Waals surface area contributed by atoms with Gasteiger partial charge in [0, 0.05) is 31.7 Å². The molecule has 2 rings (SSSR count). The summed E-state index contributed by atoms with van der Waals surface area (Å²) in [5.41, 5.74) is 5.97. The summed E-state index contributed by atoms with van der Waals surface area (Å²) in [5.74, 6) is 0.00461. The van der Waals surface area contributed by atoms with Gasteiger partial charge in [0.15, 0.2) is 0 Å². The summed E-state index contributed by atoms with van der Waals surface area (Å²) in [6.45, 7) is 1.66. The fourth-order valence-electron chi connectivity index (χ4n) is 2.36. The monoisotopic (exact) mass is 311 g/mol. The molecule has 1 aromatic rings. The topological polar surface area (TPSA) is 92.5 Å². The lowest BCUT2D eigenvalue weighted by Crippen LogP contribution is -2.37. The summed E-state index contributed by atoms with van der Waals surface area (Å²) >= 11 is 0. The number of hydrogen-bond donors (Lipinski definition) is 2. The molecule has 0 radical (unpaired) electrons. The molecule has 0 aromatic heterocycles. The molecular weight excluding hydrogens is 290 g/mol. The largest absolute Gasteiger partial charge is 0.399 e. The van der Waals surface area contributed by atoms with E-state index in [1.54, 1.807) is 17.0 Å². The Bertz CT molecular complexity index is 595. The van der Waals surface area contributed by atoms with Crippen LogP contribution < -0.4 is 10.5 Å². The lowest BCUT2D eigenvalue weighted by molar-refractivity contribution is -0.131. The third-order valence-corrected chi connectivity index (χ3v) is 4.97. The second-order valence-corrected chi connectivity index (χ2v) is 6.93. The number of nitrogens with zero attached hydrogens (tertiary/aromatic N) is 1. The minimum Gasteiger partial charge on any atom is -0.399 e. The van der Waals surface area contributed by atoms with Crippen molar-refractivity contribution in [2.45, 2.75) is 30.6 Å². The first-order valence-electron chi connectivity index (χ1n) is 7.12. The molecule has 0 aliphatic carbocycles. The van der Waals surface area contributed by atoms with E-state index in [-0.39, 0.29) is 23.8 Å². The van der Waals surface area contributed by atoms with Crippen LogP contribution in [0.5, 0.6) is 0 Å². The van der Waals surface area contributed by atoms with Gasteiger partial charge in [-0.15, -0.1) is 0 Å². The molecule has 1 amide bonds. The minimum absolute atomic E-state index is 0.00461. The average Bonchev–Trinajstić information content (AvgIpc) is 2.48. The van der Waals surface area contributed by atoms with Crippen LogP contribution in [0.25, 0.3) is 0 Å². The first-order valence-corrected chi connectivity index (χ1v) is 8.60. The maximum Gasteiger partial charge on any atom is 0.240 e. The zero-order chi connectivity index (χ0) is 15.3. The molecule has 0 unspecified atom stereocenters. The molecule has 3 N–H and O–H groups in total. The van der Waals surface area contributed by atoms with Crippen LogP contribution in [0.15, 0.2) is 29.2 Å². The van der Waals surface area contributed by atoms with Crippen LogP contribution in [0, 0.1) is 0 Å². The van der Waals surface area contributed by atoms with E-state index in [2.05, 4.69) is 4.72 Å². The highest BCUT2D eigenvalue weighted by atomic mass is 32.2. The smallest absolute Gasteiger partial charge is 0.240 e. The normalized spacial score (nSPS) is 15.9. The van der Waals surface area contributed by atoms with Crippen molar-refractivity contribution in [3.05, 3.63) is 24.3 Å². The predicted octanol–water partition coefficient (Wildman–Crippen LogP) is 0.950. The van der Waals surface area contributed by atoms with Gasteiger partial charge in [-0.05, 0) is 37.5 Å². The molecular formula is C14H21N3O3S. The van der Waals surface area contributed by atoms with Gasteiger partial charge in [-0.1, -0.05) is 6.07 Å². The van der Waals surface area contributed by atoms with Crippen molar-refractivity contribution in [3.8, 4) is 0 Å². The van der Waals surface area contributed by atoms with E-state index < -0.39 is 10.0 Å². The number of carbonyl (C=O) groups is 1. The summed E-state index contributed by atoms with van der Waals surface area (Å²) < 4.78 is 26.5. The van der Waals surface area contributed by atoms with Crippen LogP contribution in [0.2, 0.25) is 0 Å². The highest BCUT2D eigenvalue weighted by Crippen LogP contribution is 2.13. The molecule has 6 nitrogen and oxygen atoms in total. The van der Waals surface area contributed by atoms with E-state index in [0.29, 0.717) is 5.69 Å². The Balaban J connectivity index is 1.86. The molecule has 1 aromatic carbocycles. The Hall–Kier alpha value is -1.60. The Morgan fingerprint density at radius 2 is 1.95 bits per heavy atom. The number of carbonyl (C=O) groups excluding carboxylic acids is 1. The number of nitrogen functional groups attached to an aromatic ring is 1. The van der Waals surface area contributed by atoms with E-state index in [4.69, 9.17) is 5.73 Å². The maximum atomic E-state index is 12.1. The number of rotatable bonds is 5. The molecule has 1 fully saturated rings. The molecule has 7 heteroatoms. The number of piperidine rings is 1. The average molecular weight is 311 g/mol. The molecule has 0 saturated carbocycles. The maximum absolute atomic E-state index is 12.1. The van der Waals surface area contributed by atoms with Crippen LogP contribution in [0.1, 0.15) is 25.7 Å². The number of benzene rings is 1. The van der Waals surface area contributed by atoms with Crippen LogP contribution in [-0.4, -0.2) is 38.9 Å². The fourth-order valence-corrected chi connectivity index (χ4v) is 3.45. The van der Waals surface area contributed by atoms with Gasteiger partial charge in [-0.2, -0.15) is 0 Å². The predicted molar refractivity (Wildman–Crippen MR) is 81.1 cm³/mol. The van der Waals surface area contributed by atoms with Crippen LogP contribution >= 0.6 is 0 Å². The summed E-state index contributed by atoms with van der Waals surface area (Å²) in [6.07, 6.45) is 3.40. The lowest BCUT2D eigenvalue weighted by atomic mass is 10.1. The Labute approximate surface area is 125 Å². The molecule has 0 atom stereocenters. The highest BCUT2D eigenvalue weighted by Gasteiger charge is 2.18. The molecule has 1 saturated heterocycles. The van der Waals surface area contributed by atoms with Crippen molar-refractivity contribution >= 4 is 21.6 Å². The number of hydrogen-bond acceptors (Lipinski definition) is 4. The first kappa shape index (κ1) is 15.8. The quantitative estimate of drug-likeness (QED) is 0.792. The zero-order valence-corrected chi connectivity index (χ0v) is 12.7. The lowest BCUT2D eigenvalue weighted by Gasteiger charge is -2.26. The third kappa shape index (κ3) is 4.44. The van der Waals surface area contributed by atoms with Gasteiger partial charge < -0.3 is 10.6 Å². The van der Waals surface area contributed by atoms with Gasteiger partial charge in [0.25, 0.3) is 0 Å². The summed E-state index contributed by atoms with van der Waals surface area (Å²) in [7, 11) is -3.61. The van der Waals surface area contributed by atoms with Gasteiger partial charge in [0.2, 0.25) is 15.9 Å². The number of anilines is 1. The van der Waals surface area contributed by atoms with E-state index >= 15 is 0 Å². The van der Waals surface area contributed by atoms with Crippen LogP contribution in [0.3, 0.4) is 0 Å². The molecule has 1 heterocycles. The van der Waals surface area contributed by atoms with Crippen molar-refractivity contribution in [3.63, 3.8) is 0 Å². The highest BCUT2D eigenvalue weighted by molar-refractivity contribution is 7.89. The Morgan fingerprint density at radius 3 is 2.62 bits per heavy atom. The number of nitrogens with two attached hydrogens (primary N) is 1. The fraction of sp³-hybridized carbons (Fsp3) is 0.500.